The van der Waals surface area contributed by atoms with Gasteiger partial charge in [0.15, 0.2) is 0 Å². The Kier molecular flexibility index (Phi) is 6.59. The highest BCUT2D eigenvalue weighted by molar-refractivity contribution is 5.98. The number of hydrogen-bond donors (Lipinski definition) is 2. The first-order chi connectivity index (χ1) is 18.5. The largest absolute Gasteiger partial charge is 0.389 e. The highest BCUT2D eigenvalue weighted by atomic mass is 16.5. The molecule has 2 aliphatic rings. The Morgan fingerprint density at radius 3 is 2.63 bits per heavy atom. The summed E-state index contributed by atoms with van der Waals surface area (Å²) in [7, 11) is 1.65. The van der Waals surface area contributed by atoms with E-state index in [2.05, 4.69) is 62.5 Å². The van der Waals surface area contributed by atoms with Gasteiger partial charge in [-0.05, 0) is 41.5 Å². The van der Waals surface area contributed by atoms with Crippen molar-refractivity contribution in [2.75, 3.05) is 48.4 Å². The molecule has 4 aromatic rings. The van der Waals surface area contributed by atoms with E-state index in [0.717, 1.165) is 48.8 Å². The van der Waals surface area contributed by atoms with Crippen molar-refractivity contribution in [2.24, 2.45) is 0 Å². The van der Waals surface area contributed by atoms with Gasteiger partial charge in [-0.2, -0.15) is 0 Å². The number of nitrogens with one attached hydrogen (secondary N) is 1. The second-order valence-corrected chi connectivity index (χ2v) is 10.5. The summed E-state index contributed by atoms with van der Waals surface area (Å²) in [5.74, 6) is 2.00. The van der Waals surface area contributed by atoms with Crippen LogP contribution in [0.1, 0.15) is 37.8 Å². The minimum atomic E-state index is -0.532. The second kappa shape index (κ2) is 10.2. The molecule has 5 heterocycles. The number of benzene rings is 1. The molecule has 2 saturated heterocycles. The number of pyridine rings is 2. The molecule has 2 N–H and O–H groups in total. The van der Waals surface area contributed by atoms with Gasteiger partial charge in [-0.1, -0.05) is 25.1 Å². The molecule has 198 valence electrons. The van der Waals surface area contributed by atoms with Crippen LogP contribution < -0.4 is 15.1 Å². The maximum absolute atomic E-state index is 10.4. The molecule has 0 amide bonds. The fourth-order valence-corrected chi connectivity index (χ4v) is 5.54. The number of aliphatic hydroxyl groups is 1. The van der Waals surface area contributed by atoms with E-state index in [-0.39, 0.29) is 6.10 Å². The molecule has 0 bridgehead atoms. The summed E-state index contributed by atoms with van der Waals surface area (Å²) in [4.78, 5) is 13.8. The van der Waals surface area contributed by atoms with Crippen LogP contribution in [0.15, 0.2) is 55.1 Å². The van der Waals surface area contributed by atoms with E-state index in [1.54, 1.807) is 19.5 Å². The van der Waals surface area contributed by atoms with Crippen molar-refractivity contribution < 1.29 is 9.84 Å². The Hall–Kier alpha value is -3.76. The van der Waals surface area contributed by atoms with Crippen LogP contribution in [0.3, 0.4) is 0 Å². The molecule has 0 aliphatic carbocycles. The summed E-state index contributed by atoms with van der Waals surface area (Å²) in [6, 6.07) is 10.9. The van der Waals surface area contributed by atoms with E-state index in [1.165, 1.54) is 16.6 Å². The Bertz CT molecular complexity index is 1400. The molecule has 2 fully saturated rings. The van der Waals surface area contributed by atoms with Crippen LogP contribution in [0, 0.1) is 0 Å². The van der Waals surface area contributed by atoms with Gasteiger partial charge < -0.3 is 25.0 Å². The molecule has 10 heteroatoms. The third kappa shape index (κ3) is 4.65. The molecule has 10 nitrogen and oxygen atoms in total. The zero-order valence-electron chi connectivity index (χ0n) is 22.0. The third-order valence-electron chi connectivity index (χ3n) is 7.72. The predicted octanol–water partition coefficient (Wildman–Crippen LogP) is 3.74. The van der Waals surface area contributed by atoms with Gasteiger partial charge in [0.2, 0.25) is 0 Å². The van der Waals surface area contributed by atoms with Gasteiger partial charge in [0.25, 0.3) is 0 Å². The highest BCUT2D eigenvalue weighted by Gasteiger charge is 2.31. The zero-order chi connectivity index (χ0) is 26.2. The quantitative estimate of drug-likeness (QED) is 0.382. The van der Waals surface area contributed by atoms with E-state index in [4.69, 9.17) is 9.72 Å². The van der Waals surface area contributed by atoms with Gasteiger partial charge in [0, 0.05) is 74.7 Å². The van der Waals surface area contributed by atoms with Crippen LogP contribution in [0.2, 0.25) is 0 Å². The molecule has 1 aromatic carbocycles. The zero-order valence-corrected chi connectivity index (χ0v) is 22.0. The van der Waals surface area contributed by atoms with Crippen LogP contribution in [0.25, 0.3) is 10.8 Å². The van der Waals surface area contributed by atoms with Crippen molar-refractivity contribution in [3.05, 3.63) is 60.7 Å². The molecule has 6 rings (SSSR count). The third-order valence-corrected chi connectivity index (χ3v) is 7.72. The van der Waals surface area contributed by atoms with E-state index in [1.807, 2.05) is 29.2 Å². The number of fused-ring (bicyclic) bond motifs is 1. The molecule has 38 heavy (non-hydrogen) atoms. The molecular formula is C28H34N8O2. The number of aliphatic hydroxyl groups excluding tert-OH is 1. The van der Waals surface area contributed by atoms with Crippen molar-refractivity contribution >= 4 is 33.8 Å². The fraction of sp³-hybridized carbons (Fsp3) is 0.429. The molecule has 0 radical (unpaired) electrons. The number of piperidine rings is 1. The Labute approximate surface area is 222 Å². The fourth-order valence-electron chi connectivity index (χ4n) is 5.54. The molecule has 0 saturated carbocycles. The van der Waals surface area contributed by atoms with E-state index in [0.29, 0.717) is 18.5 Å². The number of anilines is 4. The summed E-state index contributed by atoms with van der Waals surface area (Å²) in [6.45, 7) is 7.53. The van der Waals surface area contributed by atoms with Gasteiger partial charge in [0.05, 0.1) is 24.4 Å². The first-order valence-corrected chi connectivity index (χ1v) is 13.2. The minimum Gasteiger partial charge on any atom is -0.389 e. The molecule has 3 aromatic heterocycles. The normalized spacial score (nSPS) is 20.2. The lowest BCUT2D eigenvalue weighted by molar-refractivity contribution is -0.0218. The number of rotatable bonds is 7. The van der Waals surface area contributed by atoms with Gasteiger partial charge in [-0.25, -0.2) is 14.6 Å². The first-order valence-electron chi connectivity index (χ1n) is 13.2. The summed E-state index contributed by atoms with van der Waals surface area (Å²) in [6.07, 6.45) is 7.54. The van der Waals surface area contributed by atoms with E-state index < -0.39 is 6.10 Å². The number of hydrogen-bond acceptors (Lipinski definition) is 9. The highest BCUT2D eigenvalue weighted by Crippen LogP contribution is 2.37. The minimum absolute atomic E-state index is 0.126. The smallest absolute Gasteiger partial charge is 0.130 e. The van der Waals surface area contributed by atoms with Crippen LogP contribution in [-0.2, 0) is 4.74 Å². The number of β-amino-alcohol motifs (C(OH)–C–C–N with tert-alkyl or cyclic N) is 1. The van der Waals surface area contributed by atoms with Crippen molar-refractivity contribution in [3.8, 4) is 0 Å². The van der Waals surface area contributed by atoms with Crippen LogP contribution >= 0.6 is 0 Å². The van der Waals surface area contributed by atoms with Crippen LogP contribution in [0.5, 0.6) is 0 Å². The second-order valence-electron chi connectivity index (χ2n) is 10.5. The number of nitrogens with zero attached hydrogens (tertiary/aromatic N) is 7. The van der Waals surface area contributed by atoms with Crippen LogP contribution in [0.4, 0.5) is 23.0 Å². The van der Waals surface area contributed by atoms with Crippen LogP contribution in [-0.4, -0.2) is 75.6 Å². The summed E-state index contributed by atoms with van der Waals surface area (Å²) >= 11 is 0. The van der Waals surface area contributed by atoms with E-state index in [9.17, 15) is 5.11 Å². The average molecular weight is 515 g/mol. The lowest BCUT2D eigenvalue weighted by atomic mass is 9.94. The SMILES string of the molecule is CO[C@H]1CCN(c2cc(Nc3cc4c(C(C)C)ccc(N5CC(n6ccnn6)C5)c4cn3)ccn2)C[C@@H]1O. The Morgan fingerprint density at radius 2 is 1.89 bits per heavy atom. The van der Waals surface area contributed by atoms with Crippen molar-refractivity contribution in [1.82, 2.24) is 25.0 Å². The molecular weight excluding hydrogens is 480 g/mol. The standard InChI is InChI=1S/C28H34N8O2/c1-18(2)21-4-5-24(35-15-20(16-35)36-11-9-31-33-36)23-14-30-27(13-22(21)23)32-19-6-8-29-28(12-19)34-10-7-26(38-3)25(37)17-34/h4-6,8-9,11-14,18,20,25-26,37H,7,10,15-17H2,1-3H3,(H,29,30,32)/t25-,26-/m0/s1. The Balaban J connectivity index is 1.24. The Morgan fingerprint density at radius 1 is 1.03 bits per heavy atom. The number of ether oxygens (including phenoxy) is 1. The van der Waals surface area contributed by atoms with Gasteiger partial charge in [0.1, 0.15) is 11.6 Å². The molecule has 2 atom stereocenters. The van der Waals surface area contributed by atoms with Gasteiger partial charge >= 0.3 is 0 Å². The van der Waals surface area contributed by atoms with Gasteiger partial charge in [-0.15, -0.1) is 5.10 Å². The lowest BCUT2D eigenvalue weighted by Gasteiger charge is -2.41. The molecule has 0 unspecified atom stereocenters. The number of aromatic nitrogens is 5. The maximum atomic E-state index is 10.4. The monoisotopic (exact) mass is 514 g/mol. The summed E-state index contributed by atoms with van der Waals surface area (Å²) in [5, 5.41) is 24.3. The van der Waals surface area contributed by atoms with Crippen molar-refractivity contribution in [3.63, 3.8) is 0 Å². The summed E-state index contributed by atoms with van der Waals surface area (Å²) < 4.78 is 7.32. The topological polar surface area (TPSA) is 104 Å². The molecule has 0 spiro atoms. The number of methoxy groups -OCH3 is 1. The predicted molar refractivity (Wildman–Crippen MR) is 148 cm³/mol. The summed E-state index contributed by atoms with van der Waals surface area (Å²) in [5.41, 5.74) is 3.41. The average Bonchev–Trinajstić information content (AvgIpc) is 3.42. The van der Waals surface area contributed by atoms with Crippen molar-refractivity contribution in [1.29, 1.82) is 0 Å². The van der Waals surface area contributed by atoms with E-state index >= 15 is 0 Å². The first kappa shape index (κ1) is 24.6. The molecule has 2 aliphatic heterocycles. The maximum Gasteiger partial charge on any atom is 0.130 e. The lowest BCUT2D eigenvalue weighted by Crippen LogP contribution is -2.48. The van der Waals surface area contributed by atoms with Crippen molar-refractivity contribution in [2.45, 2.75) is 44.4 Å². The van der Waals surface area contributed by atoms with Gasteiger partial charge in [-0.3, -0.25) is 0 Å².